The van der Waals surface area contributed by atoms with Crippen LogP contribution < -0.4 is 9.47 Å². The standard InChI is InChI=1S/C18H16N4O7/c1-10(23)21-18(12-4-6-19-7-5-12)29-17(20-21)14-8-13(22(25)26)9-15(27-3)16(14)28-11(2)24/h4-9,18H,1-3H3. The van der Waals surface area contributed by atoms with Gasteiger partial charge in [-0.3, -0.25) is 24.7 Å². The maximum atomic E-state index is 12.1. The van der Waals surface area contributed by atoms with Crippen LogP contribution in [0.25, 0.3) is 0 Å². The fourth-order valence-electron chi connectivity index (χ4n) is 2.67. The maximum Gasteiger partial charge on any atom is 0.308 e. The zero-order valence-electron chi connectivity index (χ0n) is 15.7. The van der Waals surface area contributed by atoms with Crippen molar-refractivity contribution in [2.75, 3.05) is 7.11 Å². The number of ether oxygens (including phenoxy) is 3. The van der Waals surface area contributed by atoms with Crippen LogP contribution in [0.3, 0.4) is 0 Å². The largest absolute Gasteiger partial charge is 0.493 e. The van der Waals surface area contributed by atoms with Crippen molar-refractivity contribution >= 4 is 23.5 Å². The summed E-state index contributed by atoms with van der Waals surface area (Å²) in [6, 6.07) is 5.52. The molecule has 0 fully saturated rings. The van der Waals surface area contributed by atoms with Crippen molar-refractivity contribution in [3.05, 3.63) is 57.9 Å². The second-order valence-electron chi connectivity index (χ2n) is 5.89. The molecule has 29 heavy (non-hydrogen) atoms. The summed E-state index contributed by atoms with van der Waals surface area (Å²) in [4.78, 5) is 38.2. The highest BCUT2D eigenvalue weighted by molar-refractivity contribution is 6.01. The normalized spacial score (nSPS) is 15.3. The summed E-state index contributed by atoms with van der Waals surface area (Å²) in [5, 5.41) is 16.5. The number of nitrogens with zero attached hydrogens (tertiary/aromatic N) is 4. The molecule has 3 rings (SSSR count). The first kappa shape index (κ1) is 19.7. The van der Waals surface area contributed by atoms with Gasteiger partial charge in [-0.25, -0.2) is 0 Å². The van der Waals surface area contributed by atoms with Gasteiger partial charge in [0, 0.05) is 37.9 Å². The summed E-state index contributed by atoms with van der Waals surface area (Å²) in [5.74, 6) is -1.40. The molecule has 1 aliphatic heterocycles. The maximum absolute atomic E-state index is 12.1. The lowest BCUT2D eigenvalue weighted by atomic mass is 10.1. The highest BCUT2D eigenvalue weighted by Gasteiger charge is 2.36. The SMILES string of the molecule is COc1cc([N+](=O)[O-])cc(C2=NN(C(C)=O)C(c3ccncc3)O2)c1OC(C)=O. The smallest absolute Gasteiger partial charge is 0.308 e. The number of hydrogen-bond acceptors (Lipinski definition) is 9. The van der Waals surface area contributed by atoms with E-state index in [0.29, 0.717) is 5.56 Å². The monoisotopic (exact) mass is 400 g/mol. The van der Waals surface area contributed by atoms with Crippen LogP contribution in [0.1, 0.15) is 31.2 Å². The van der Waals surface area contributed by atoms with Gasteiger partial charge in [-0.15, -0.1) is 5.10 Å². The Kier molecular flexibility index (Phi) is 5.39. The third-order valence-electron chi connectivity index (χ3n) is 3.90. The van der Waals surface area contributed by atoms with Crippen LogP contribution >= 0.6 is 0 Å². The molecule has 2 aromatic rings. The van der Waals surface area contributed by atoms with Crippen LogP contribution in [0.4, 0.5) is 5.69 Å². The van der Waals surface area contributed by atoms with E-state index >= 15 is 0 Å². The van der Waals surface area contributed by atoms with Gasteiger partial charge in [0.15, 0.2) is 11.5 Å². The van der Waals surface area contributed by atoms with Gasteiger partial charge in [0.2, 0.25) is 18.0 Å². The van der Waals surface area contributed by atoms with Gasteiger partial charge in [-0.05, 0) is 12.1 Å². The first-order valence-electron chi connectivity index (χ1n) is 8.32. The number of nitro groups is 1. The number of nitro benzene ring substituents is 1. The van der Waals surface area contributed by atoms with Crippen LogP contribution in [-0.4, -0.2) is 39.8 Å². The Labute approximate surface area is 164 Å². The van der Waals surface area contributed by atoms with Crippen molar-refractivity contribution in [2.24, 2.45) is 5.10 Å². The Morgan fingerprint density at radius 3 is 2.48 bits per heavy atom. The van der Waals surface area contributed by atoms with E-state index in [0.717, 1.165) is 17.1 Å². The van der Waals surface area contributed by atoms with Gasteiger partial charge in [-0.2, -0.15) is 5.01 Å². The molecule has 2 heterocycles. The molecule has 1 aromatic heterocycles. The summed E-state index contributed by atoms with van der Waals surface area (Å²) in [6.45, 7) is 2.47. The van der Waals surface area contributed by atoms with Crippen LogP contribution in [0.2, 0.25) is 0 Å². The summed E-state index contributed by atoms with van der Waals surface area (Å²) in [6.07, 6.45) is 2.13. The molecule has 0 aliphatic carbocycles. The average molecular weight is 400 g/mol. The van der Waals surface area contributed by atoms with Crippen molar-refractivity contribution in [2.45, 2.75) is 20.1 Å². The molecule has 0 saturated carbocycles. The first-order chi connectivity index (χ1) is 13.8. The number of pyridine rings is 1. The Morgan fingerprint density at radius 2 is 1.93 bits per heavy atom. The van der Waals surface area contributed by atoms with E-state index in [4.69, 9.17) is 14.2 Å². The molecular weight excluding hydrogens is 384 g/mol. The highest BCUT2D eigenvalue weighted by atomic mass is 16.6. The van der Waals surface area contributed by atoms with E-state index in [-0.39, 0.29) is 28.6 Å². The van der Waals surface area contributed by atoms with Crippen molar-refractivity contribution < 1.29 is 28.7 Å². The van der Waals surface area contributed by atoms with Crippen LogP contribution in [-0.2, 0) is 14.3 Å². The van der Waals surface area contributed by atoms with Crippen LogP contribution in [0.15, 0.2) is 41.8 Å². The zero-order chi connectivity index (χ0) is 21.1. The molecule has 11 heteroatoms. The van der Waals surface area contributed by atoms with Gasteiger partial charge in [-0.1, -0.05) is 0 Å². The number of hydrogen-bond donors (Lipinski definition) is 0. The zero-order valence-corrected chi connectivity index (χ0v) is 15.7. The molecule has 0 spiro atoms. The fourth-order valence-corrected chi connectivity index (χ4v) is 2.67. The van der Waals surface area contributed by atoms with E-state index in [9.17, 15) is 19.7 Å². The molecule has 0 radical (unpaired) electrons. The Morgan fingerprint density at radius 1 is 1.24 bits per heavy atom. The van der Waals surface area contributed by atoms with Crippen molar-refractivity contribution in [1.29, 1.82) is 0 Å². The van der Waals surface area contributed by atoms with E-state index in [1.54, 1.807) is 12.1 Å². The van der Waals surface area contributed by atoms with E-state index < -0.39 is 23.0 Å². The Hall–Kier alpha value is -4.02. The molecule has 1 atom stereocenters. The predicted octanol–water partition coefficient (Wildman–Crippen LogP) is 2.16. The topological polar surface area (TPSA) is 133 Å². The van der Waals surface area contributed by atoms with Gasteiger partial charge >= 0.3 is 5.97 Å². The lowest BCUT2D eigenvalue weighted by Crippen LogP contribution is -2.25. The number of rotatable bonds is 5. The van der Waals surface area contributed by atoms with E-state index in [1.165, 1.54) is 33.4 Å². The molecule has 0 N–H and O–H groups in total. The Balaban J connectivity index is 2.14. The number of amides is 1. The van der Waals surface area contributed by atoms with Gasteiger partial charge in [0.25, 0.3) is 5.69 Å². The average Bonchev–Trinajstić information content (AvgIpc) is 3.13. The lowest BCUT2D eigenvalue weighted by molar-refractivity contribution is -0.385. The van der Waals surface area contributed by atoms with E-state index in [1.807, 2.05) is 0 Å². The number of hydrazone groups is 1. The second-order valence-corrected chi connectivity index (χ2v) is 5.89. The minimum Gasteiger partial charge on any atom is -0.493 e. The minimum absolute atomic E-state index is 0.00550. The molecule has 1 unspecified atom stereocenters. The summed E-state index contributed by atoms with van der Waals surface area (Å²) < 4.78 is 16.2. The molecule has 150 valence electrons. The molecule has 1 amide bonds. The van der Waals surface area contributed by atoms with Crippen molar-refractivity contribution in [3.63, 3.8) is 0 Å². The highest BCUT2D eigenvalue weighted by Crippen LogP contribution is 2.39. The number of methoxy groups -OCH3 is 1. The number of non-ortho nitro benzene ring substituents is 1. The molecule has 1 aromatic carbocycles. The first-order valence-corrected chi connectivity index (χ1v) is 8.32. The third-order valence-corrected chi connectivity index (χ3v) is 3.90. The van der Waals surface area contributed by atoms with Gasteiger partial charge in [0.1, 0.15) is 0 Å². The predicted molar refractivity (Wildman–Crippen MR) is 98.1 cm³/mol. The number of carbonyl (C=O) groups is 2. The summed E-state index contributed by atoms with van der Waals surface area (Å²) >= 11 is 0. The number of carbonyl (C=O) groups excluding carboxylic acids is 2. The number of esters is 1. The quantitative estimate of drug-likeness (QED) is 0.323. The third kappa shape index (κ3) is 3.98. The summed E-state index contributed by atoms with van der Waals surface area (Å²) in [7, 11) is 1.27. The van der Waals surface area contributed by atoms with Crippen molar-refractivity contribution in [1.82, 2.24) is 9.99 Å². The van der Waals surface area contributed by atoms with Gasteiger partial charge < -0.3 is 14.2 Å². The molecular formula is C18H16N4O7. The van der Waals surface area contributed by atoms with Crippen LogP contribution in [0.5, 0.6) is 11.5 Å². The molecule has 0 bridgehead atoms. The van der Waals surface area contributed by atoms with E-state index in [2.05, 4.69) is 10.1 Å². The molecule has 11 nitrogen and oxygen atoms in total. The molecule has 0 saturated heterocycles. The lowest BCUT2D eigenvalue weighted by Gasteiger charge is -2.19. The fraction of sp³-hybridized carbons (Fsp3) is 0.222. The number of aromatic nitrogens is 1. The van der Waals surface area contributed by atoms with Crippen molar-refractivity contribution in [3.8, 4) is 11.5 Å². The number of benzene rings is 1. The van der Waals surface area contributed by atoms with Crippen LogP contribution in [0, 0.1) is 10.1 Å². The van der Waals surface area contributed by atoms with Gasteiger partial charge in [0.05, 0.1) is 23.7 Å². The summed E-state index contributed by atoms with van der Waals surface area (Å²) in [5.41, 5.74) is 0.246. The second kappa shape index (κ2) is 7.92. The minimum atomic E-state index is -0.916. The molecule has 1 aliphatic rings. The Bertz CT molecular complexity index is 1010.